The molecule has 164 valence electrons. The fourth-order valence-corrected chi connectivity index (χ4v) is 3.81. The van der Waals surface area contributed by atoms with Crippen molar-refractivity contribution in [3.63, 3.8) is 0 Å². The van der Waals surface area contributed by atoms with Crippen LogP contribution in [0.4, 0.5) is 0 Å². The third-order valence-electron chi connectivity index (χ3n) is 4.25. The molecule has 4 aromatic rings. The van der Waals surface area contributed by atoms with Crippen molar-refractivity contribution in [1.82, 2.24) is 0 Å². The van der Waals surface area contributed by atoms with Crippen LogP contribution >= 0.6 is 34.8 Å². The minimum atomic E-state index is -4.94. The molecule has 0 bridgehead atoms. The van der Waals surface area contributed by atoms with Gasteiger partial charge in [-0.3, -0.25) is 0 Å². The fourth-order valence-electron chi connectivity index (χ4n) is 2.94. The lowest BCUT2D eigenvalue weighted by Crippen LogP contribution is -2.68. The van der Waals surface area contributed by atoms with E-state index < -0.39 is 10.2 Å². The van der Waals surface area contributed by atoms with Crippen LogP contribution in [-0.2, 0) is 0 Å². The molecule has 0 aliphatic rings. The highest BCUT2D eigenvalue weighted by Gasteiger charge is 2.31. The molecule has 0 saturated carbocycles. The van der Waals surface area contributed by atoms with Crippen LogP contribution < -0.4 is 18.6 Å². The van der Waals surface area contributed by atoms with E-state index in [0.717, 1.165) is 22.3 Å². The summed E-state index contributed by atoms with van der Waals surface area (Å²) in [5.74, 6) is 1.15. The molecule has 5 nitrogen and oxygen atoms in total. The Bertz CT molecular complexity index is 1110. The second-order valence-electron chi connectivity index (χ2n) is 6.38. The molecule has 0 radical (unpaired) electrons. The maximum atomic E-state index is 8.49. The average Bonchev–Trinajstić information content (AvgIpc) is 2.75. The quantitative estimate of drug-likeness (QED) is 0.389. The van der Waals surface area contributed by atoms with E-state index in [1.807, 2.05) is 84.9 Å². The van der Waals surface area contributed by atoms with Crippen molar-refractivity contribution in [3.8, 4) is 33.8 Å². The summed E-state index contributed by atoms with van der Waals surface area (Å²) in [4.78, 5) is 0. The van der Waals surface area contributed by atoms with Gasteiger partial charge in [0.2, 0.25) is 0 Å². The van der Waals surface area contributed by atoms with Crippen LogP contribution in [0, 0.1) is 10.2 Å². The zero-order valence-corrected chi connectivity index (χ0v) is 19.2. The van der Waals surface area contributed by atoms with E-state index in [4.69, 9.17) is 57.9 Å². The van der Waals surface area contributed by atoms with Crippen LogP contribution in [0.15, 0.2) is 89.3 Å². The van der Waals surface area contributed by atoms with Crippen molar-refractivity contribution in [2.45, 2.75) is 0 Å². The summed E-state index contributed by atoms with van der Waals surface area (Å²) in [7, 11) is -4.94. The van der Waals surface area contributed by atoms with Crippen LogP contribution in [0.1, 0.15) is 0 Å². The van der Waals surface area contributed by atoms with E-state index in [1.54, 1.807) is 0 Å². The summed E-state index contributed by atoms with van der Waals surface area (Å²) in [6.07, 6.45) is 0. The van der Waals surface area contributed by atoms with Gasteiger partial charge in [-0.2, -0.15) is 0 Å². The first-order chi connectivity index (χ1) is 15.1. The highest BCUT2D eigenvalue weighted by Crippen LogP contribution is 2.46. The molecule has 0 aliphatic carbocycles. The number of halogens is 4. The van der Waals surface area contributed by atoms with Crippen molar-refractivity contribution in [2.75, 3.05) is 0 Å². The van der Waals surface area contributed by atoms with Gasteiger partial charge in [0, 0.05) is 10.6 Å². The SMILES string of the molecule is Clc1ccc(-c2c(Cl)c(-c3ccccc3)[o+]c(-c3ccccc3)c2Cl)cc1.[O-][Cl+3]([O-])([O-])[O-]. The van der Waals surface area contributed by atoms with Crippen molar-refractivity contribution < 1.29 is 33.3 Å². The molecular formula is C23H14Cl4O5. The molecule has 0 fully saturated rings. The molecule has 0 saturated heterocycles. The predicted octanol–water partition coefficient (Wildman–Crippen LogP) is 3.77. The Balaban J connectivity index is 0.000000523. The normalized spacial score (nSPS) is 11.0. The van der Waals surface area contributed by atoms with Gasteiger partial charge >= 0.3 is 11.5 Å². The van der Waals surface area contributed by atoms with Crippen LogP contribution in [0.2, 0.25) is 15.1 Å². The predicted molar refractivity (Wildman–Crippen MR) is 114 cm³/mol. The number of rotatable bonds is 3. The van der Waals surface area contributed by atoms with E-state index in [2.05, 4.69) is 0 Å². The molecule has 32 heavy (non-hydrogen) atoms. The minimum absolute atomic E-state index is 0.466. The number of hydrogen-bond acceptors (Lipinski definition) is 4. The molecule has 0 N–H and O–H groups in total. The lowest BCUT2D eigenvalue weighted by molar-refractivity contribution is -2.00. The second kappa shape index (κ2) is 10.6. The number of hydrogen-bond donors (Lipinski definition) is 0. The molecule has 9 heteroatoms. The van der Waals surface area contributed by atoms with Gasteiger partial charge in [0.05, 0.1) is 11.1 Å². The molecule has 1 heterocycles. The Morgan fingerprint density at radius 1 is 0.531 bits per heavy atom. The third kappa shape index (κ3) is 6.42. The monoisotopic (exact) mass is 510 g/mol. The second-order valence-corrected chi connectivity index (χ2v) is 8.33. The van der Waals surface area contributed by atoms with Crippen LogP contribution in [0.3, 0.4) is 0 Å². The summed E-state index contributed by atoms with van der Waals surface area (Å²) in [5, 5.41) is 1.58. The smallest absolute Gasteiger partial charge is 0.222 e. The molecule has 0 spiro atoms. The summed E-state index contributed by atoms with van der Waals surface area (Å²) in [5.41, 5.74) is 3.36. The average molecular weight is 512 g/mol. The molecule has 4 rings (SSSR count). The summed E-state index contributed by atoms with van der Waals surface area (Å²) < 4.78 is 40.2. The van der Waals surface area contributed by atoms with Crippen LogP contribution in [0.25, 0.3) is 33.8 Å². The fraction of sp³-hybridized carbons (Fsp3) is 0. The zero-order chi connectivity index (χ0) is 23.3. The summed E-state index contributed by atoms with van der Waals surface area (Å²) >= 11 is 19.6. The van der Waals surface area contributed by atoms with Crippen molar-refractivity contribution >= 4 is 34.8 Å². The lowest BCUT2D eigenvalue weighted by atomic mass is 10.0. The Hall–Kier alpha value is -2.19. The van der Waals surface area contributed by atoms with E-state index in [9.17, 15) is 0 Å². The van der Waals surface area contributed by atoms with E-state index in [-0.39, 0.29) is 0 Å². The Kier molecular flexibility index (Phi) is 8.11. The van der Waals surface area contributed by atoms with Gasteiger partial charge in [-0.05, 0) is 42.0 Å². The van der Waals surface area contributed by atoms with Crippen molar-refractivity contribution in [2.24, 2.45) is 0 Å². The Morgan fingerprint density at radius 2 is 0.906 bits per heavy atom. The standard InChI is InChI=1S/C23H14Cl3O.ClHO4/c24-18-13-11-15(12-14-18)19-20(25)22(16-7-3-1-4-8-16)27-23(21(19)26)17-9-5-2-6-10-17;2-1(3,4)5/h1-14H;(H,2,3,4,5)/q+1;/p-1. The van der Waals surface area contributed by atoms with Crippen molar-refractivity contribution in [1.29, 1.82) is 0 Å². The first-order valence-corrected chi connectivity index (χ1v) is 11.4. The van der Waals surface area contributed by atoms with Gasteiger partial charge in [0.15, 0.2) is 10.0 Å². The molecule has 3 aromatic carbocycles. The summed E-state index contributed by atoms with van der Waals surface area (Å²) in [6, 6.07) is 26.9. The topological polar surface area (TPSA) is 104 Å². The Labute approximate surface area is 201 Å². The number of benzene rings is 3. The summed E-state index contributed by atoms with van der Waals surface area (Å²) in [6.45, 7) is 0. The maximum Gasteiger partial charge on any atom is 0.379 e. The maximum absolute atomic E-state index is 8.49. The van der Waals surface area contributed by atoms with Gasteiger partial charge in [0.25, 0.3) is 0 Å². The Morgan fingerprint density at radius 3 is 1.28 bits per heavy atom. The zero-order valence-electron chi connectivity index (χ0n) is 16.1. The van der Waals surface area contributed by atoms with Gasteiger partial charge in [-0.15, -0.1) is 10.2 Å². The van der Waals surface area contributed by atoms with Crippen molar-refractivity contribution in [3.05, 3.63) is 100.0 Å². The molecule has 0 aliphatic heterocycles. The molecular weight excluding hydrogens is 498 g/mol. The largest absolute Gasteiger partial charge is 0.379 e. The van der Waals surface area contributed by atoms with Gasteiger partial charge < -0.3 is 0 Å². The minimum Gasteiger partial charge on any atom is -0.222 e. The third-order valence-corrected chi connectivity index (χ3v) is 5.22. The van der Waals surface area contributed by atoms with Gasteiger partial charge in [-0.1, -0.05) is 83.3 Å². The molecule has 0 atom stereocenters. The molecule has 0 amide bonds. The molecule has 1 aromatic heterocycles. The molecule has 0 unspecified atom stereocenters. The highest BCUT2D eigenvalue weighted by atomic mass is 35.7. The van der Waals surface area contributed by atoms with Gasteiger partial charge in [0.1, 0.15) is 0 Å². The van der Waals surface area contributed by atoms with E-state index >= 15 is 0 Å². The lowest BCUT2D eigenvalue weighted by Gasteiger charge is -2.17. The van der Waals surface area contributed by atoms with E-state index in [1.165, 1.54) is 0 Å². The highest BCUT2D eigenvalue weighted by molar-refractivity contribution is 6.41. The van der Waals surface area contributed by atoms with Crippen LogP contribution in [-0.4, -0.2) is 0 Å². The van der Waals surface area contributed by atoms with E-state index in [0.29, 0.717) is 26.6 Å². The first-order valence-electron chi connectivity index (χ1n) is 8.99. The first kappa shape index (κ1) is 24.5. The van der Waals surface area contributed by atoms with Crippen LogP contribution in [0.5, 0.6) is 0 Å². The van der Waals surface area contributed by atoms with Gasteiger partial charge in [-0.25, -0.2) is 23.1 Å².